The fourth-order valence-corrected chi connectivity index (χ4v) is 0.479. The van der Waals surface area contributed by atoms with Crippen molar-refractivity contribution in [1.82, 2.24) is 0 Å². The molecule has 1 N–H and O–H groups in total. The summed E-state index contributed by atoms with van der Waals surface area (Å²) >= 11 is 0. The molecule has 0 bridgehead atoms. The Morgan fingerprint density at radius 1 is 1.64 bits per heavy atom. The lowest BCUT2D eigenvalue weighted by atomic mass is 10.2. The summed E-state index contributed by atoms with van der Waals surface area (Å²) in [6.45, 7) is 5.17. The minimum atomic E-state index is -0.996. The number of nitriles is 1. The van der Waals surface area contributed by atoms with E-state index in [9.17, 15) is 0 Å². The first-order valence-corrected chi connectivity index (χ1v) is 3.26. The van der Waals surface area contributed by atoms with Crippen molar-refractivity contribution in [3.8, 4) is 6.07 Å². The minimum Gasteiger partial charge on any atom is -0.374 e. The van der Waals surface area contributed by atoms with E-state index in [0.29, 0.717) is 5.57 Å². The molecule has 2 heteroatoms. The molecule has 1 atom stereocenters. The number of rotatable bonds is 3. The Morgan fingerprint density at radius 2 is 2.27 bits per heavy atom. The number of aliphatic hydroxyl groups is 1. The van der Waals surface area contributed by atoms with Crippen molar-refractivity contribution in [3.63, 3.8) is 0 Å². The summed E-state index contributed by atoms with van der Waals surface area (Å²) in [7, 11) is 0. The molecule has 0 aliphatic rings. The Balaban J connectivity index is 4.12. The highest BCUT2D eigenvalue weighted by Gasteiger charge is 2.00. The summed E-state index contributed by atoms with van der Waals surface area (Å²) in [6, 6.07) is 1.72. The SMILES string of the molecule is C=C/C=C\C=C(/C)C(O)C#N. The van der Waals surface area contributed by atoms with Gasteiger partial charge in [-0.2, -0.15) is 5.26 Å². The van der Waals surface area contributed by atoms with Crippen LogP contribution in [0.1, 0.15) is 6.92 Å². The Morgan fingerprint density at radius 3 is 2.73 bits per heavy atom. The minimum absolute atomic E-state index is 0.630. The predicted octanol–water partition coefficient (Wildman–Crippen LogP) is 1.56. The molecule has 1 unspecified atom stereocenters. The maximum Gasteiger partial charge on any atom is 0.161 e. The third-order valence-corrected chi connectivity index (χ3v) is 1.16. The van der Waals surface area contributed by atoms with Gasteiger partial charge in [-0.25, -0.2) is 0 Å². The van der Waals surface area contributed by atoms with Crippen molar-refractivity contribution in [3.05, 3.63) is 36.5 Å². The molecule has 0 radical (unpaired) electrons. The molecule has 2 nitrogen and oxygen atoms in total. The van der Waals surface area contributed by atoms with E-state index in [4.69, 9.17) is 10.4 Å². The summed E-state index contributed by atoms with van der Waals surface area (Å²) in [5.41, 5.74) is 0.630. The van der Waals surface area contributed by atoms with Gasteiger partial charge in [-0.15, -0.1) is 0 Å². The standard InChI is InChI=1S/C9H11NO/c1-3-4-5-6-8(2)9(11)7-10/h3-6,9,11H,1H2,2H3/b5-4-,8-6+. The van der Waals surface area contributed by atoms with Crippen molar-refractivity contribution >= 4 is 0 Å². The van der Waals surface area contributed by atoms with Crippen LogP contribution in [-0.4, -0.2) is 11.2 Å². The lowest BCUT2D eigenvalue weighted by Crippen LogP contribution is -2.02. The molecule has 0 aromatic heterocycles. The average molecular weight is 149 g/mol. The highest BCUT2D eigenvalue weighted by atomic mass is 16.3. The lowest BCUT2D eigenvalue weighted by molar-refractivity contribution is 0.266. The van der Waals surface area contributed by atoms with Crippen LogP contribution < -0.4 is 0 Å². The second-order valence-corrected chi connectivity index (χ2v) is 2.06. The summed E-state index contributed by atoms with van der Waals surface area (Å²) < 4.78 is 0. The van der Waals surface area contributed by atoms with E-state index in [1.54, 1.807) is 37.3 Å². The first-order chi connectivity index (χ1) is 5.22. The molecule has 11 heavy (non-hydrogen) atoms. The zero-order valence-corrected chi connectivity index (χ0v) is 6.49. The number of hydrogen-bond donors (Lipinski definition) is 1. The molecule has 0 saturated carbocycles. The number of aliphatic hydroxyl groups excluding tert-OH is 1. The second kappa shape index (κ2) is 5.45. The molecule has 0 aliphatic heterocycles. The van der Waals surface area contributed by atoms with E-state index in [1.807, 2.05) is 0 Å². The van der Waals surface area contributed by atoms with Gasteiger partial charge in [0.05, 0.1) is 6.07 Å². The monoisotopic (exact) mass is 149 g/mol. The van der Waals surface area contributed by atoms with Gasteiger partial charge in [-0.05, 0) is 12.5 Å². The molecule has 0 rings (SSSR count). The van der Waals surface area contributed by atoms with Gasteiger partial charge in [-0.1, -0.05) is 30.9 Å². The molecule has 0 amide bonds. The van der Waals surface area contributed by atoms with E-state index < -0.39 is 6.10 Å². The van der Waals surface area contributed by atoms with Crippen LogP contribution in [0.2, 0.25) is 0 Å². The Labute approximate surface area is 66.8 Å². The number of allylic oxidation sites excluding steroid dienone is 4. The Kier molecular flexibility index (Phi) is 4.80. The molecule has 0 heterocycles. The van der Waals surface area contributed by atoms with Gasteiger partial charge in [0.15, 0.2) is 6.10 Å². The summed E-state index contributed by atoms with van der Waals surface area (Å²) in [6.07, 6.45) is 5.76. The maximum atomic E-state index is 8.94. The zero-order valence-electron chi connectivity index (χ0n) is 6.49. The molecule has 58 valence electrons. The Bertz CT molecular complexity index is 220. The number of nitrogens with zero attached hydrogens (tertiary/aromatic N) is 1. The average Bonchev–Trinajstić information content (AvgIpc) is 2.03. The highest BCUT2D eigenvalue weighted by Crippen LogP contribution is 1.99. The quantitative estimate of drug-likeness (QED) is 0.489. The van der Waals surface area contributed by atoms with Crippen molar-refractivity contribution in [2.45, 2.75) is 13.0 Å². The fourth-order valence-electron chi connectivity index (χ4n) is 0.479. The van der Waals surface area contributed by atoms with Crippen LogP contribution in [0.4, 0.5) is 0 Å². The molecule has 0 aromatic rings. The van der Waals surface area contributed by atoms with E-state index >= 15 is 0 Å². The molecule has 0 spiro atoms. The molecule has 0 saturated heterocycles. The van der Waals surface area contributed by atoms with E-state index in [2.05, 4.69) is 6.58 Å². The molecular formula is C9H11NO. The van der Waals surface area contributed by atoms with Crippen molar-refractivity contribution in [2.24, 2.45) is 0 Å². The van der Waals surface area contributed by atoms with Crippen LogP contribution in [-0.2, 0) is 0 Å². The van der Waals surface area contributed by atoms with Crippen LogP contribution in [0.25, 0.3) is 0 Å². The van der Waals surface area contributed by atoms with Gasteiger partial charge < -0.3 is 5.11 Å². The normalized spacial score (nSPS) is 14.5. The molecule has 0 aliphatic carbocycles. The van der Waals surface area contributed by atoms with Gasteiger partial charge in [0.25, 0.3) is 0 Å². The molecular weight excluding hydrogens is 138 g/mol. The lowest BCUT2D eigenvalue weighted by Gasteiger charge is -1.97. The van der Waals surface area contributed by atoms with Gasteiger partial charge >= 0.3 is 0 Å². The predicted molar refractivity (Wildman–Crippen MR) is 44.7 cm³/mol. The zero-order chi connectivity index (χ0) is 8.69. The van der Waals surface area contributed by atoms with Gasteiger partial charge in [0, 0.05) is 0 Å². The summed E-state index contributed by atoms with van der Waals surface area (Å²) in [5, 5.41) is 17.2. The third kappa shape index (κ3) is 4.12. The van der Waals surface area contributed by atoms with Gasteiger partial charge in [-0.3, -0.25) is 0 Å². The topological polar surface area (TPSA) is 44.0 Å². The Hall–Kier alpha value is -1.33. The fraction of sp³-hybridized carbons (Fsp3) is 0.222. The highest BCUT2D eigenvalue weighted by molar-refractivity contribution is 5.20. The maximum absolute atomic E-state index is 8.94. The van der Waals surface area contributed by atoms with E-state index in [0.717, 1.165) is 0 Å². The third-order valence-electron chi connectivity index (χ3n) is 1.16. The van der Waals surface area contributed by atoms with Crippen LogP contribution in [0.5, 0.6) is 0 Å². The van der Waals surface area contributed by atoms with Crippen LogP contribution >= 0.6 is 0 Å². The first-order valence-electron chi connectivity index (χ1n) is 3.26. The van der Waals surface area contributed by atoms with E-state index in [-0.39, 0.29) is 0 Å². The van der Waals surface area contributed by atoms with Crippen molar-refractivity contribution in [2.75, 3.05) is 0 Å². The van der Waals surface area contributed by atoms with Gasteiger partial charge in [0.1, 0.15) is 0 Å². The van der Waals surface area contributed by atoms with E-state index in [1.165, 1.54) is 0 Å². The summed E-state index contributed by atoms with van der Waals surface area (Å²) in [4.78, 5) is 0. The van der Waals surface area contributed by atoms with Crippen molar-refractivity contribution in [1.29, 1.82) is 5.26 Å². The first kappa shape index (κ1) is 9.67. The summed E-state index contributed by atoms with van der Waals surface area (Å²) in [5.74, 6) is 0. The van der Waals surface area contributed by atoms with Crippen molar-refractivity contribution < 1.29 is 5.11 Å². The second-order valence-electron chi connectivity index (χ2n) is 2.06. The number of hydrogen-bond acceptors (Lipinski definition) is 2. The van der Waals surface area contributed by atoms with Crippen LogP contribution in [0.15, 0.2) is 36.5 Å². The molecule has 0 aromatic carbocycles. The largest absolute Gasteiger partial charge is 0.374 e. The van der Waals surface area contributed by atoms with Crippen LogP contribution in [0, 0.1) is 11.3 Å². The molecule has 0 fully saturated rings. The van der Waals surface area contributed by atoms with Crippen LogP contribution in [0.3, 0.4) is 0 Å². The van der Waals surface area contributed by atoms with Gasteiger partial charge in [0.2, 0.25) is 0 Å². The smallest absolute Gasteiger partial charge is 0.161 e.